The van der Waals surface area contributed by atoms with Gasteiger partial charge in [-0.1, -0.05) is 38.9 Å². The van der Waals surface area contributed by atoms with Crippen LogP contribution < -0.4 is 11.1 Å². The van der Waals surface area contributed by atoms with E-state index in [9.17, 15) is 4.79 Å². The molecule has 0 spiro atoms. The van der Waals surface area contributed by atoms with Crippen LogP contribution in [0.5, 0.6) is 0 Å². The maximum Gasteiger partial charge on any atom is 0.232 e. The number of nitrogens with two attached hydrogens (primary N) is 1. The molecular formula is C13H24N2OS. The van der Waals surface area contributed by atoms with Crippen molar-refractivity contribution >= 4 is 23.1 Å². The first kappa shape index (κ1) is 14.4. The van der Waals surface area contributed by atoms with E-state index in [2.05, 4.69) is 12.2 Å². The third-order valence-electron chi connectivity index (χ3n) is 4.02. The van der Waals surface area contributed by atoms with Gasteiger partial charge in [-0.05, 0) is 32.1 Å². The van der Waals surface area contributed by atoms with Gasteiger partial charge in [-0.2, -0.15) is 0 Å². The highest BCUT2D eigenvalue weighted by Gasteiger charge is 2.36. The molecular weight excluding hydrogens is 232 g/mol. The third-order valence-corrected chi connectivity index (χ3v) is 4.47. The highest BCUT2D eigenvalue weighted by Crippen LogP contribution is 2.26. The van der Waals surface area contributed by atoms with E-state index in [0.717, 1.165) is 12.8 Å². The Labute approximate surface area is 110 Å². The first-order valence-corrected chi connectivity index (χ1v) is 6.91. The standard InChI is InChI=1S/C13H24N2OS/c1-4-13(3,11(14)17)12(16)15-10-7-5-6-9(2)8-10/h9-10H,4-8H2,1-3H3,(H2,14,17)(H,15,16). The molecule has 1 fully saturated rings. The fourth-order valence-electron chi connectivity index (χ4n) is 2.36. The van der Waals surface area contributed by atoms with Gasteiger partial charge >= 0.3 is 0 Å². The maximum atomic E-state index is 12.2. The summed E-state index contributed by atoms with van der Waals surface area (Å²) in [6.45, 7) is 6.02. The zero-order valence-electron chi connectivity index (χ0n) is 11.1. The number of carbonyl (C=O) groups excluding carboxylic acids is 1. The van der Waals surface area contributed by atoms with Crippen LogP contribution >= 0.6 is 12.2 Å². The lowest BCUT2D eigenvalue weighted by atomic mass is 9.83. The van der Waals surface area contributed by atoms with Gasteiger partial charge < -0.3 is 11.1 Å². The van der Waals surface area contributed by atoms with Gasteiger partial charge in [0.1, 0.15) is 0 Å². The summed E-state index contributed by atoms with van der Waals surface area (Å²) in [6.07, 6.45) is 5.27. The summed E-state index contributed by atoms with van der Waals surface area (Å²) in [7, 11) is 0. The van der Waals surface area contributed by atoms with Crippen molar-refractivity contribution in [2.45, 2.75) is 58.9 Å². The molecule has 0 heterocycles. The summed E-state index contributed by atoms with van der Waals surface area (Å²) in [5, 5.41) is 3.12. The number of hydrogen-bond acceptors (Lipinski definition) is 2. The van der Waals surface area contributed by atoms with Crippen LogP contribution in [0.3, 0.4) is 0 Å². The molecule has 98 valence electrons. The molecule has 0 bridgehead atoms. The van der Waals surface area contributed by atoms with E-state index in [1.165, 1.54) is 12.8 Å². The van der Waals surface area contributed by atoms with E-state index in [4.69, 9.17) is 18.0 Å². The van der Waals surface area contributed by atoms with Crippen LogP contribution in [0.15, 0.2) is 0 Å². The van der Waals surface area contributed by atoms with Crippen LogP contribution in [-0.4, -0.2) is 16.9 Å². The van der Waals surface area contributed by atoms with Crippen molar-refractivity contribution in [2.75, 3.05) is 0 Å². The molecule has 0 aromatic carbocycles. The molecule has 0 radical (unpaired) electrons. The van der Waals surface area contributed by atoms with Gasteiger partial charge in [-0.3, -0.25) is 4.79 Å². The number of hydrogen-bond donors (Lipinski definition) is 2. The molecule has 4 heteroatoms. The Bertz CT molecular complexity index is 306. The molecule has 1 aliphatic rings. The van der Waals surface area contributed by atoms with E-state index in [-0.39, 0.29) is 5.91 Å². The lowest BCUT2D eigenvalue weighted by molar-refractivity contribution is -0.128. The van der Waals surface area contributed by atoms with Crippen LogP contribution in [0.1, 0.15) is 52.9 Å². The average Bonchev–Trinajstić information content (AvgIpc) is 2.27. The molecule has 1 aliphatic carbocycles. The fraction of sp³-hybridized carbons (Fsp3) is 0.846. The molecule has 0 saturated heterocycles. The fourth-order valence-corrected chi connectivity index (χ4v) is 2.59. The molecule has 3 N–H and O–H groups in total. The Balaban J connectivity index is 2.61. The van der Waals surface area contributed by atoms with Gasteiger partial charge in [0.2, 0.25) is 5.91 Å². The first-order valence-electron chi connectivity index (χ1n) is 6.51. The molecule has 1 amide bonds. The van der Waals surface area contributed by atoms with Gasteiger partial charge in [0, 0.05) is 6.04 Å². The van der Waals surface area contributed by atoms with Crippen molar-refractivity contribution in [3.63, 3.8) is 0 Å². The van der Waals surface area contributed by atoms with Crippen molar-refractivity contribution in [2.24, 2.45) is 17.1 Å². The van der Waals surface area contributed by atoms with Crippen LogP contribution in [0.25, 0.3) is 0 Å². The van der Waals surface area contributed by atoms with Crippen molar-refractivity contribution in [3.8, 4) is 0 Å². The summed E-state index contributed by atoms with van der Waals surface area (Å²) in [4.78, 5) is 12.5. The van der Waals surface area contributed by atoms with E-state index in [1.54, 1.807) is 0 Å². The van der Waals surface area contributed by atoms with Gasteiger partial charge in [0.15, 0.2) is 0 Å². The van der Waals surface area contributed by atoms with Gasteiger partial charge in [0.25, 0.3) is 0 Å². The highest BCUT2D eigenvalue weighted by atomic mass is 32.1. The largest absolute Gasteiger partial charge is 0.392 e. The minimum atomic E-state index is -0.698. The first-order chi connectivity index (χ1) is 7.90. The molecule has 0 aliphatic heterocycles. The molecule has 3 nitrogen and oxygen atoms in total. The van der Waals surface area contributed by atoms with Crippen molar-refractivity contribution in [3.05, 3.63) is 0 Å². The van der Waals surface area contributed by atoms with Crippen LogP contribution in [0.2, 0.25) is 0 Å². The number of nitrogens with one attached hydrogen (secondary N) is 1. The number of carbonyl (C=O) groups is 1. The second kappa shape index (κ2) is 5.80. The Kier molecular flexibility index (Phi) is 4.92. The Hall–Kier alpha value is -0.640. The normalized spacial score (nSPS) is 28.2. The minimum absolute atomic E-state index is 0.00778. The molecule has 1 rings (SSSR count). The summed E-state index contributed by atoms with van der Waals surface area (Å²) in [5.74, 6) is 0.693. The lowest BCUT2D eigenvalue weighted by Gasteiger charge is -2.32. The SMILES string of the molecule is CCC(C)(C(=O)NC1CCCC(C)C1)C(N)=S. The second-order valence-electron chi connectivity index (χ2n) is 5.49. The third kappa shape index (κ3) is 3.41. The minimum Gasteiger partial charge on any atom is -0.392 e. The van der Waals surface area contributed by atoms with Crippen LogP contribution in [0.4, 0.5) is 0 Å². The summed E-state index contributed by atoms with van der Waals surface area (Å²) >= 11 is 5.01. The van der Waals surface area contributed by atoms with Crippen molar-refractivity contribution in [1.29, 1.82) is 0 Å². The molecule has 1 saturated carbocycles. The number of rotatable bonds is 4. The lowest BCUT2D eigenvalue weighted by Crippen LogP contribution is -2.50. The topological polar surface area (TPSA) is 55.1 Å². The molecule has 0 aromatic heterocycles. The monoisotopic (exact) mass is 256 g/mol. The Morgan fingerprint density at radius 1 is 1.53 bits per heavy atom. The van der Waals surface area contributed by atoms with E-state index in [1.807, 2.05) is 13.8 Å². The van der Waals surface area contributed by atoms with E-state index >= 15 is 0 Å². The van der Waals surface area contributed by atoms with Crippen LogP contribution in [0, 0.1) is 11.3 Å². The Morgan fingerprint density at radius 2 is 2.18 bits per heavy atom. The predicted molar refractivity (Wildman–Crippen MR) is 74.7 cm³/mol. The second-order valence-corrected chi connectivity index (χ2v) is 5.93. The van der Waals surface area contributed by atoms with Crippen molar-refractivity contribution < 1.29 is 4.79 Å². The summed E-state index contributed by atoms with van der Waals surface area (Å²) in [6, 6.07) is 0.298. The molecule has 3 atom stereocenters. The molecule has 17 heavy (non-hydrogen) atoms. The van der Waals surface area contributed by atoms with Gasteiger partial charge in [-0.15, -0.1) is 0 Å². The molecule has 0 aromatic rings. The number of thiocarbonyl (C=S) groups is 1. The van der Waals surface area contributed by atoms with Gasteiger partial charge in [0.05, 0.1) is 10.4 Å². The van der Waals surface area contributed by atoms with E-state index < -0.39 is 5.41 Å². The zero-order valence-corrected chi connectivity index (χ0v) is 11.9. The maximum absolute atomic E-state index is 12.2. The number of amides is 1. The van der Waals surface area contributed by atoms with Crippen LogP contribution in [-0.2, 0) is 4.79 Å². The average molecular weight is 256 g/mol. The Morgan fingerprint density at radius 3 is 2.65 bits per heavy atom. The quantitative estimate of drug-likeness (QED) is 0.759. The van der Waals surface area contributed by atoms with Crippen molar-refractivity contribution in [1.82, 2.24) is 5.32 Å². The molecule has 3 unspecified atom stereocenters. The summed E-state index contributed by atoms with van der Waals surface area (Å²) < 4.78 is 0. The summed E-state index contributed by atoms with van der Waals surface area (Å²) in [5.41, 5.74) is 4.99. The van der Waals surface area contributed by atoms with Gasteiger partial charge in [-0.25, -0.2) is 0 Å². The predicted octanol–water partition coefficient (Wildman–Crippen LogP) is 2.38. The van der Waals surface area contributed by atoms with E-state index in [0.29, 0.717) is 23.4 Å². The zero-order chi connectivity index (χ0) is 13.1. The highest BCUT2D eigenvalue weighted by molar-refractivity contribution is 7.80. The smallest absolute Gasteiger partial charge is 0.232 e.